The predicted octanol–water partition coefficient (Wildman–Crippen LogP) is 2.53. The predicted molar refractivity (Wildman–Crippen MR) is 75.8 cm³/mol. The number of carbonyl (C=O) groups excluding carboxylic acids is 1. The Morgan fingerprint density at radius 1 is 1.53 bits per heavy atom. The molecule has 1 aromatic heterocycles. The van der Waals surface area contributed by atoms with Gasteiger partial charge in [0, 0.05) is 24.7 Å². The van der Waals surface area contributed by atoms with Crippen LogP contribution in [0.1, 0.15) is 52.0 Å². The number of hydrogen-bond acceptors (Lipinski definition) is 2. The number of nitrogens with one attached hydrogen (secondary N) is 1. The van der Waals surface area contributed by atoms with E-state index < -0.39 is 0 Å². The van der Waals surface area contributed by atoms with Crippen molar-refractivity contribution in [3.8, 4) is 0 Å². The van der Waals surface area contributed by atoms with Gasteiger partial charge in [-0.1, -0.05) is 20.8 Å². The first-order chi connectivity index (χ1) is 9.03. The Balaban J connectivity index is 2.09. The van der Waals surface area contributed by atoms with Crippen molar-refractivity contribution < 1.29 is 4.79 Å². The fraction of sp³-hybridized carbons (Fsp3) is 0.733. The van der Waals surface area contributed by atoms with Gasteiger partial charge in [-0.25, -0.2) is 0 Å². The first-order valence-corrected chi connectivity index (χ1v) is 7.35. The average molecular weight is 263 g/mol. The summed E-state index contributed by atoms with van der Waals surface area (Å²) in [6.45, 7) is 7.54. The third-order valence-corrected chi connectivity index (χ3v) is 3.72. The second-order valence-electron chi connectivity index (χ2n) is 6.21. The van der Waals surface area contributed by atoms with Crippen LogP contribution >= 0.6 is 0 Å². The largest absolute Gasteiger partial charge is 0.350 e. The second-order valence-corrected chi connectivity index (χ2v) is 6.21. The van der Waals surface area contributed by atoms with E-state index in [0.29, 0.717) is 12.3 Å². The lowest BCUT2D eigenvalue weighted by atomic mass is 9.83. The van der Waals surface area contributed by atoms with E-state index in [1.54, 1.807) is 0 Å². The molecule has 0 saturated carbocycles. The van der Waals surface area contributed by atoms with Crippen molar-refractivity contribution in [3.63, 3.8) is 0 Å². The maximum Gasteiger partial charge on any atom is 0.220 e. The molecule has 0 bridgehead atoms. The smallest absolute Gasteiger partial charge is 0.220 e. The average Bonchev–Trinajstić information content (AvgIpc) is 2.87. The zero-order valence-electron chi connectivity index (χ0n) is 12.3. The van der Waals surface area contributed by atoms with Crippen LogP contribution in [0.15, 0.2) is 12.4 Å². The SMILES string of the molecule is CCCn1cc(CC2(CC(C)C)CCC(=O)N2)cn1. The van der Waals surface area contributed by atoms with Crippen LogP contribution < -0.4 is 5.32 Å². The third-order valence-electron chi connectivity index (χ3n) is 3.72. The molecule has 0 spiro atoms. The summed E-state index contributed by atoms with van der Waals surface area (Å²) in [6.07, 6.45) is 8.71. The number of aryl methyl sites for hydroxylation is 1. The monoisotopic (exact) mass is 263 g/mol. The van der Waals surface area contributed by atoms with E-state index in [4.69, 9.17) is 0 Å². The fourth-order valence-electron chi connectivity index (χ4n) is 3.15. The number of hydrogen-bond donors (Lipinski definition) is 1. The van der Waals surface area contributed by atoms with Crippen molar-refractivity contribution in [3.05, 3.63) is 18.0 Å². The van der Waals surface area contributed by atoms with E-state index in [2.05, 4.69) is 37.4 Å². The van der Waals surface area contributed by atoms with Gasteiger partial charge in [-0.15, -0.1) is 0 Å². The topological polar surface area (TPSA) is 46.9 Å². The van der Waals surface area contributed by atoms with Crippen molar-refractivity contribution in [2.75, 3.05) is 0 Å². The zero-order valence-corrected chi connectivity index (χ0v) is 12.3. The minimum Gasteiger partial charge on any atom is -0.350 e. The Morgan fingerprint density at radius 3 is 2.89 bits per heavy atom. The molecule has 1 N–H and O–H groups in total. The normalized spacial score (nSPS) is 23.1. The van der Waals surface area contributed by atoms with Crippen LogP contribution in [0.3, 0.4) is 0 Å². The lowest BCUT2D eigenvalue weighted by molar-refractivity contribution is -0.119. The van der Waals surface area contributed by atoms with Crippen molar-refractivity contribution in [1.82, 2.24) is 15.1 Å². The fourth-order valence-corrected chi connectivity index (χ4v) is 3.15. The summed E-state index contributed by atoms with van der Waals surface area (Å²) in [6, 6.07) is 0. The Hall–Kier alpha value is -1.32. The van der Waals surface area contributed by atoms with Crippen molar-refractivity contribution in [1.29, 1.82) is 0 Å². The first kappa shape index (κ1) is 14.1. The zero-order chi connectivity index (χ0) is 13.9. The van der Waals surface area contributed by atoms with Gasteiger partial charge < -0.3 is 5.32 Å². The molecule has 2 heterocycles. The van der Waals surface area contributed by atoms with Gasteiger partial charge in [-0.2, -0.15) is 5.10 Å². The van der Waals surface area contributed by atoms with E-state index in [1.165, 1.54) is 5.56 Å². The summed E-state index contributed by atoms with van der Waals surface area (Å²) in [5, 5.41) is 7.59. The maximum atomic E-state index is 11.6. The molecule has 0 aliphatic carbocycles. The molecular weight excluding hydrogens is 238 g/mol. The molecule has 1 saturated heterocycles. The molecule has 0 aromatic carbocycles. The molecule has 4 nitrogen and oxygen atoms in total. The van der Waals surface area contributed by atoms with Crippen LogP contribution in [-0.2, 0) is 17.8 Å². The third kappa shape index (κ3) is 3.58. The molecule has 1 aliphatic rings. The number of nitrogens with zero attached hydrogens (tertiary/aromatic N) is 2. The van der Waals surface area contributed by atoms with Gasteiger partial charge in [0.15, 0.2) is 0 Å². The molecule has 106 valence electrons. The van der Waals surface area contributed by atoms with Gasteiger partial charge in [-0.05, 0) is 37.2 Å². The molecule has 1 fully saturated rings. The lowest BCUT2D eigenvalue weighted by Gasteiger charge is -2.30. The van der Waals surface area contributed by atoms with Crippen molar-refractivity contribution in [2.24, 2.45) is 5.92 Å². The first-order valence-electron chi connectivity index (χ1n) is 7.35. The summed E-state index contributed by atoms with van der Waals surface area (Å²) in [4.78, 5) is 11.6. The van der Waals surface area contributed by atoms with Crippen LogP contribution in [0, 0.1) is 5.92 Å². The van der Waals surface area contributed by atoms with E-state index >= 15 is 0 Å². The molecule has 2 rings (SSSR count). The van der Waals surface area contributed by atoms with E-state index in [-0.39, 0.29) is 11.4 Å². The van der Waals surface area contributed by atoms with E-state index in [9.17, 15) is 4.79 Å². The van der Waals surface area contributed by atoms with Crippen LogP contribution in [-0.4, -0.2) is 21.2 Å². The molecule has 1 aliphatic heterocycles. The van der Waals surface area contributed by atoms with E-state index in [1.807, 2.05) is 10.9 Å². The number of rotatable bonds is 6. The van der Waals surface area contributed by atoms with Gasteiger partial charge in [0.1, 0.15) is 0 Å². The second kappa shape index (κ2) is 5.76. The standard InChI is InChI=1S/C15H25N3O/c1-4-7-18-11-13(10-16-18)9-15(8-12(2)3)6-5-14(19)17-15/h10-12H,4-9H2,1-3H3,(H,17,19). The van der Waals surface area contributed by atoms with Gasteiger partial charge in [0.25, 0.3) is 0 Å². The Morgan fingerprint density at radius 2 is 2.32 bits per heavy atom. The molecule has 0 radical (unpaired) electrons. The van der Waals surface area contributed by atoms with E-state index in [0.717, 1.165) is 32.2 Å². The summed E-state index contributed by atoms with van der Waals surface area (Å²) < 4.78 is 2.00. The molecule has 1 amide bonds. The quantitative estimate of drug-likeness (QED) is 0.857. The highest BCUT2D eigenvalue weighted by Crippen LogP contribution is 2.31. The minimum absolute atomic E-state index is 0.0503. The summed E-state index contributed by atoms with van der Waals surface area (Å²) in [5.41, 5.74) is 1.18. The van der Waals surface area contributed by atoms with Gasteiger partial charge in [-0.3, -0.25) is 9.48 Å². The Labute approximate surface area is 115 Å². The molecule has 1 atom stereocenters. The molecule has 1 aromatic rings. The molecule has 4 heteroatoms. The highest BCUT2D eigenvalue weighted by molar-refractivity contribution is 5.79. The van der Waals surface area contributed by atoms with Crippen molar-refractivity contribution >= 4 is 5.91 Å². The van der Waals surface area contributed by atoms with Gasteiger partial charge in [0.2, 0.25) is 5.91 Å². The molecular formula is C15H25N3O. The summed E-state index contributed by atoms with van der Waals surface area (Å²) >= 11 is 0. The molecule has 19 heavy (non-hydrogen) atoms. The number of amides is 1. The van der Waals surface area contributed by atoms with Gasteiger partial charge >= 0.3 is 0 Å². The highest BCUT2D eigenvalue weighted by atomic mass is 16.2. The summed E-state index contributed by atoms with van der Waals surface area (Å²) in [7, 11) is 0. The summed E-state index contributed by atoms with van der Waals surface area (Å²) in [5.74, 6) is 0.783. The van der Waals surface area contributed by atoms with Crippen molar-refractivity contribution in [2.45, 2.75) is 65.0 Å². The number of carbonyl (C=O) groups is 1. The molecule has 1 unspecified atom stereocenters. The maximum absolute atomic E-state index is 11.6. The number of aromatic nitrogens is 2. The van der Waals surface area contributed by atoms with Crippen LogP contribution in [0.25, 0.3) is 0 Å². The van der Waals surface area contributed by atoms with Crippen LogP contribution in [0.4, 0.5) is 0 Å². The van der Waals surface area contributed by atoms with Crippen LogP contribution in [0.5, 0.6) is 0 Å². The Kier molecular flexibility index (Phi) is 4.27. The lowest BCUT2D eigenvalue weighted by Crippen LogP contribution is -2.44. The highest BCUT2D eigenvalue weighted by Gasteiger charge is 2.38. The van der Waals surface area contributed by atoms with Crippen LogP contribution in [0.2, 0.25) is 0 Å². The Bertz CT molecular complexity index is 438. The minimum atomic E-state index is -0.0503. The van der Waals surface area contributed by atoms with Gasteiger partial charge in [0.05, 0.1) is 6.20 Å².